The van der Waals surface area contributed by atoms with Gasteiger partial charge in [-0.2, -0.15) is 0 Å². The number of hydrogen-bond acceptors (Lipinski definition) is 3. The second kappa shape index (κ2) is 5.59. The zero-order valence-corrected chi connectivity index (χ0v) is 13.4. The van der Waals surface area contributed by atoms with E-state index < -0.39 is 5.60 Å². The average molecular weight is 312 g/mol. The standard InChI is InChI=1S/C18H20N2O3/c1-11-12(2)20-16-13(11)6-4-7-14(16)17(21)19-10-18(3,22)15-8-5-9-23-15/h4-9,20,22H,10H2,1-3H3,(H,19,21). The van der Waals surface area contributed by atoms with Crippen molar-refractivity contribution in [2.45, 2.75) is 26.4 Å². The second-order valence-corrected chi connectivity index (χ2v) is 6.04. The minimum absolute atomic E-state index is 0.0639. The van der Waals surface area contributed by atoms with Gasteiger partial charge in [-0.25, -0.2) is 0 Å². The van der Waals surface area contributed by atoms with Crippen LogP contribution < -0.4 is 5.32 Å². The molecule has 1 unspecified atom stereocenters. The number of H-pyrrole nitrogens is 1. The lowest BCUT2D eigenvalue weighted by molar-refractivity contribution is 0.0330. The van der Waals surface area contributed by atoms with Crippen LogP contribution in [0.5, 0.6) is 0 Å². The normalized spacial score (nSPS) is 13.9. The van der Waals surface area contributed by atoms with Crippen LogP contribution in [0, 0.1) is 13.8 Å². The van der Waals surface area contributed by atoms with E-state index in [0.29, 0.717) is 11.3 Å². The summed E-state index contributed by atoms with van der Waals surface area (Å²) in [5.74, 6) is 0.186. The number of carbonyl (C=O) groups is 1. The monoisotopic (exact) mass is 312 g/mol. The van der Waals surface area contributed by atoms with Crippen molar-refractivity contribution in [2.75, 3.05) is 6.54 Å². The van der Waals surface area contributed by atoms with Crippen LogP contribution in [0.2, 0.25) is 0 Å². The van der Waals surface area contributed by atoms with Crippen molar-refractivity contribution in [3.8, 4) is 0 Å². The number of amides is 1. The van der Waals surface area contributed by atoms with Gasteiger partial charge in [-0.1, -0.05) is 12.1 Å². The number of aliphatic hydroxyl groups is 1. The van der Waals surface area contributed by atoms with E-state index in [0.717, 1.165) is 22.2 Å². The van der Waals surface area contributed by atoms with Crippen molar-refractivity contribution >= 4 is 16.8 Å². The van der Waals surface area contributed by atoms with Gasteiger partial charge < -0.3 is 19.8 Å². The number of aromatic nitrogens is 1. The number of furan rings is 1. The average Bonchev–Trinajstić information content (AvgIpc) is 3.15. The summed E-state index contributed by atoms with van der Waals surface area (Å²) in [4.78, 5) is 15.8. The molecule has 0 aliphatic rings. The Labute approximate surface area is 134 Å². The molecule has 3 N–H and O–H groups in total. The molecule has 0 radical (unpaired) electrons. The van der Waals surface area contributed by atoms with Crippen molar-refractivity contribution in [1.29, 1.82) is 0 Å². The first-order valence-corrected chi connectivity index (χ1v) is 7.52. The van der Waals surface area contributed by atoms with Gasteiger partial charge in [0.25, 0.3) is 5.91 Å². The largest absolute Gasteiger partial charge is 0.466 e. The third-order valence-corrected chi connectivity index (χ3v) is 4.23. The maximum absolute atomic E-state index is 12.5. The van der Waals surface area contributed by atoms with Crippen LogP contribution >= 0.6 is 0 Å². The van der Waals surface area contributed by atoms with Crippen molar-refractivity contribution in [3.63, 3.8) is 0 Å². The SMILES string of the molecule is Cc1[nH]c2c(C(=O)NCC(C)(O)c3ccco3)cccc2c1C. The van der Waals surface area contributed by atoms with Crippen LogP contribution in [0.4, 0.5) is 0 Å². The van der Waals surface area contributed by atoms with Crippen LogP contribution in [0.25, 0.3) is 10.9 Å². The zero-order valence-electron chi connectivity index (χ0n) is 13.4. The third-order valence-electron chi connectivity index (χ3n) is 4.23. The molecule has 120 valence electrons. The van der Waals surface area contributed by atoms with Crippen molar-refractivity contribution in [2.24, 2.45) is 0 Å². The molecule has 0 saturated heterocycles. The Kier molecular flexibility index (Phi) is 3.74. The molecule has 5 nitrogen and oxygen atoms in total. The van der Waals surface area contributed by atoms with E-state index in [9.17, 15) is 9.90 Å². The Morgan fingerprint density at radius 3 is 2.78 bits per heavy atom. The molecule has 0 bridgehead atoms. The number of benzene rings is 1. The molecule has 5 heteroatoms. The molecule has 3 rings (SSSR count). The third kappa shape index (κ3) is 2.75. The lowest BCUT2D eigenvalue weighted by Gasteiger charge is -2.21. The Balaban J connectivity index is 1.83. The lowest BCUT2D eigenvalue weighted by atomic mass is 10.0. The molecule has 0 aliphatic carbocycles. The van der Waals surface area contributed by atoms with E-state index in [1.54, 1.807) is 25.1 Å². The Bertz CT molecular complexity index is 845. The van der Waals surface area contributed by atoms with Crippen molar-refractivity contribution in [1.82, 2.24) is 10.3 Å². The smallest absolute Gasteiger partial charge is 0.253 e. The van der Waals surface area contributed by atoms with Crippen LogP contribution in [0.15, 0.2) is 41.0 Å². The highest BCUT2D eigenvalue weighted by molar-refractivity contribution is 6.06. The summed E-state index contributed by atoms with van der Waals surface area (Å²) < 4.78 is 5.22. The summed E-state index contributed by atoms with van der Waals surface area (Å²) in [5.41, 5.74) is 2.31. The van der Waals surface area contributed by atoms with E-state index in [4.69, 9.17) is 4.42 Å². The molecular weight excluding hydrogens is 292 g/mol. The number of carbonyl (C=O) groups excluding carboxylic acids is 1. The van der Waals surface area contributed by atoms with E-state index in [1.165, 1.54) is 6.26 Å². The summed E-state index contributed by atoms with van der Waals surface area (Å²) in [6.45, 7) is 5.68. The Hall–Kier alpha value is -2.53. The Morgan fingerprint density at radius 2 is 2.09 bits per heavy atom. The first kappa shape index (κ1) is 15.4. The van der Waals surface area contributed by atoms with Gasteiger partial charge in [-0.05, 0) is 44.5 Å². The number of aryl methyl sites for hydroxylation is 2. The van der Waals surface area contributed by atoms with Gasteiger partial charge in [0.1, 0.15) is 11.4 Å². The highest BCUT2D eigenvalue weighted by atomic mass is 16.4. The fourth-order valence-corrected chi connectivity index (χ4v) is 2.69. The summed E-state index contributed by atoms with van der Waals surface area (Å²) in [6, 6.07) is 9.02. The fourth-order valence-electron chi connectivity index (χ4n) is 2.69. The quantitative estimate of drug-likeness (QED) is 0.693. The number of fused-ring (bicyclic) bond motifs is 1. The molecule has 1 amide bonds. The minimum atomic E-state index is -1.26. The second-order valence-electron chi connectivity index (χ2n) is 6.04. The van der Waals surface area contributed by atoms with Gasteiger partial charge in [0.05, 0.1) is 23.9 Å². The molecule has 0 spiro atoms. The van der Waals surface area contributed by atoms with E-state index in [-0.39, 0.29) is 12.5 Å². The maximum atomic E-state index is 12.5. The van der Waals surface area contributed by atoms with Gasteiger partial charge in [0.15, 0.2) is 0 Å². The molecule has 2 heterocycles. The molecule has 1 aromatic carbocycles. The molecule has 1 atom stereocenters. The number of para-hydroxylation sites is 1. The predicted octanol–water partition coefficient (Wildman–Crippen LogP) is 3.02. The van der Waals surface area contributed by atoms with E-state index >= 15 is 0 Å². The van der Waals surface area contributed by atoms with Gasteiger partial charge in [0.2, 0.25) is 0 Å². The summed E-state index contributed by atoms with van der Waals surface area (Å²) in [6.07, 6.45) is 1.50. The Morgan fingerprint density at radius 1 is 1.30 bits per heavy atom. The predicted molar refractivity (Wildman–Crippen MR) is 88.4 cm³/mol. The zero-order chi connectivity index (χ0) is 16.6. The van der Waals surface area contributed by atoms with Gasteiger partial charge in [-0.3, -0.25) is 4.79 Å². The van der Waals surface area contributed by atoms with Crippen LogP contribution in [0.1, 0.15) is 34.3 Å². The minimum Gasteiger partial charge on any atom is -0.466 e. The van der Waals surface area contributed by atoms with E-state index in [1.807, 2.05) is 26.0 Å². The van der Waals surface area contributed by atoms with Crippen LogP contribution in [0.3, 0.4) is 0 Å². The van der Waals surface area contributed by atoms with E-state index in [2.05, 4.69) is 10.3 Å². The van der Waals surface area contributed by atoms with Crippen LogP contribution in [-0.2, 0) is 5.60 Å². The number of aromatic amines is 1. The highest BCUT2D eigenvalue weighted by Crippen LogP contribution is 2.25. The number of nitrogens with one attached hydrogen (secondary N) is 2. The van der Waals surface area contributed by atoms with Gasteiger partial charge in [0, 0.05) is 11.1 Å². The molecule has 2 aromatic heterocycles. The first-order chi connectivity index (χ1) is 10.9. The lowest BCUT2D eigenvalue weighted by Crippen LogP contribution is -2.38. The first-order valence-electron chi connectivity index (χ1n) is 7.52. The molecule has 0 aliphatic heterocycles. The number of rotatable bonds is 4. The molecule has 0 fully saturated rings. The maximum Gasteiger partial charge on any atom is 0.253 e. The molecule has 3 aromatic rings. The number of hydrogen-bond donors (Lipinski definition) is 3. The summed E-state index contributed by atoms with van der Waals surface area (Å²) >= 11 is 0. The van der Waals surface area contributed by atoms with Crippen molar-refractivity contribution < 1.29 is 14.3 Å². The molecule has 23 heavy (non-hydrogen) atoms. The summed E-state index contributed by atoms with van der Waals surface area (Å²) in [5, 5.41) is 14.2. The topological polar surface area (TPSA) is 78.3 Å². The highest BCUT2D eigenvalue weighted by Gasteiger charge is 2.27. The molecular formula is C18H20N2O3. The van der Waals surface area contributed by atoms with Gasteiger partial charge in [-0.15, -0.1) is 0 Å². The van der Waals surface area contributed by atoms with Crippen molar-refractivity contribution in [3.05, 3.63) is 59.2 Å². The molecule has 0 saturated carbocycles. The summed E-state index contributed by atoms with van der Waals surface area (Å²) in [7, 11) is 0. The van der Waals surface area contributed by atoms with Gasteiger partial charge >= 0.3 is 0 Å². The van der Waals surface area contributed by atoms with Crippen LogP contribution in [-0.4, -0.2) is 22.5 Å². The fraction of sp³-hybridized carbons (Fsp3) is 0.278.